The number of benzene rings is 3. The van der Waals surface area contributed by atoms with E-state index >= 15 is 4.39 Å². The Labute approximate surface area is 178 Å². The van der Waals surface area contributed by atoms with Crippen LogP contribution in [0.25, 0.3) is 22.0 Å². The molecular weight excluding hydrogens is 397 g/mol. The fourth-order valence-electron chi connectivity index (χ4n) is 3.67. The lowest BCUT2D eigenvalue weighted by Crippen LogP contribution is -2.04. The van der Waals surface area contributed by atoms with Crippen LogP contribution in [-0.2, 0) is 31.4 Å². The van der Waals surface area contributed by atoms with Crippen LogP contribution in [0.15, 0.2) is 60.8 Å². The summed E-state index contributed by atoms with van der Waals surface area (Å²) in [7, 11) is 1.81. The Morgan fingerprint density at radius 1 is 1.13 bits per heavy atom. The number of nitrogens with zero attached hydrogens (tertiary/aromatic N) is 2. The van der Waals surface area contributed by atoms with Gasteiger partial charge in [-0.2, -0.15) is 5.10 Å². The van der Waals surface area contributed by atoms with Gasteiger partial charge in [0.05, 0.1) is 11.9 Å². The molecule has 1 aromatic heterocycles. The second kappa shape index (κ2) is 8.57. The third-order valence-electron chi connectivity index (χ3n) is 5.10. The standard InChI is InChI=1S/C24H22FN3O3/c1-28-13-20-19(18-7-4-6-17(12-26)24(18)25)9-15(10-21(20)27-28)14-31-22-8-3-2-5-16(22)11-23(29)30/h2-10,13H,11-12,14,26H2,1H3,(H,29,30). The Morgan fingerprint density at radius 3 is 2.68 bits per heavy atom. The molecule has 0 aliphatic carbocycles. The van der Waals surface area contributed by atoms with E-state index in [1.54, 1.807) is 47.1 Å². The minimum Gasteiger partial charge on any atom is -0.489 e. The van der Waals surface area contributed by atoms with Crippen LogP contribution in [0, 0.1) is 5.82 Å². The van der Waals surface area contributed by atoms with E-state index < -0.39 is 5.97 Å². The minimum atomic E-state index is -0.927. The van der Waals surface area contributed by atoms with Crippen molar-refractivity contribution in [2.24, 2.45) is 12.8 Å². The maximum atomic E-state index is 15.1. The number of halogens is 1. The summed E-state index contributed by atoms with van der Waals surface area (Å²) in [6.07, 6.45) is 1.73. The van der Waals surface area contributed by atoms with Gasteiger partial charge < -0.3 is 15.6 Å². The van der Waals surface area contributed by atoms with Gasteiger partial charge in [0.1, 0.15) is 18.2 Å². The Hall–Kier alpha value is -3.71. The van der Waals surface area contributed by atoms with Crippen LogP contribution >= 0.6 is 0 Å². The average Bonchev–Trinajstić information content (AvgIpc) is 3.12. The highest BCUT2D eigenvalue weighted by atomic mass is 19.1. The van der Waals surface area contributed by atoms with Gasteiger partial charge in [0.15, 0.2) is 0 Å². The molecule has 31 heavy (non-hydrogen) atoms. The van der Waals surface area contributed by atoms with E-state index in [-0.39, 0.29) is 25.4 Å². The van der Waals surface area contributed by atoms with E-state index in [1.807, 2.05) is 25.4 Å². The van der Waals surface area contributed by atoms with Gasteiger partial charge >= 0.3 is 5.97 Å². The number of fused-ring (bicyclic) bond motifs is 1. The summed E-state index contributed by atoms with van der Waals surface area (Å²) in [6, 6.07) is 16.0. The first-order chi connectivity index (χ1) is 15.0. The van der Waals surface area contributed by atoms with Crippen molar-refractivity contribution < 1.29 is 19.0 Å². The number of carbonyl (C=O) groups is 1. The van der Waals surface area contributed by atoms with Gasteiger partial charge in [-0.25, -0.2) is 4.39 Å². The second-order valence-electron chi connectivity index (χ2n) is 7.33. The maximum absolute atomic E-state index is 15.1. The third-order valence-corrected chi connectivity index (χ3v) is 5.10. The van der Waals surface area contributed by atoms with Crippen LogP contribution in [0.4, 0.5) is 4.39 Å². The molecule has 158 valence electrons. The first kappa shape index (κ1) is 20.6. The summed E-state index contributed by atoms with van der Waals surface area (Å²) < 4.78 is 22.7. The normalized spacial score (nSPS) is 11.1. The highest BCUT2D eigenvalue weighted by molar-refractivity contribution is 5.95. The van der Waals surface area contributed by atoms with E-state index in [2.05, 4.69) is 5.10 Å². The number of hydrogen-bond acceptors (Lipinski definition) is 4. The highest BCUT2D eigenvalue weighted by Gasteiger charge is 2.16. The number of nitrogens with two attached hydrogens (primary N) is 1. The van der Waals surface area contributed by atoms with Gasteiger partial charge in [0, 0.05) is 41.9 Å². The Kier molecular flexibility index (Phi) is 5.68. The second-order valence-corrected chi connectivity index (χ2v) is 7.33. The predicted octanol–water partition coefficient (Wildman–Crippen LogP) is 4.04. The molecule has 3 N–H and O–H groups in total. The number of rotatable bonds is 7. The minimum absolute atomic E-state index is 0.110. The first-order valence-corrected chi connectivity index (χ1v) is 9.83. The lowest BCUT2D eigenvalue weighted by Gasteiger charge is -2.13. The van der Waals surface area contributed by atoms with Gasteiger partial charge in [0.2, 0.25) is 0 Å². The Morgan fingerprint density at radius 2 is 1.90 bits per heavy atom. The van der Waals surface area contributed by atoms with Crippen molar-refractivity contribution in [1.82, 2.24) is 9.78 Å². The van der Waals surface area contributed by atoms with E-state index in [0.717, 1.165) is 16.5 Å². The average molecular weight is 419 g/mol. The molecule has 0 fully saturated rings. The molecule has 3 aromatic carbocycles. The fourth-order valence-corrected chi connectivity index (χ4v) is 3.67. The zero-order chi connectivity index (χ0) is 22.0. The van der Waals surface area contributed by atoms with E-state index in [4.69, 9.17) is 15.6 Å². The van der Waals surface area contributed by atoms with Crippen molar-refractivity contribution >= 4 is 16.9 Å². The molecule has 0 spiro atoms. The van der Waals surface area contributed by atoms with Crippen molar-refractivity contribution in [2.75, 3.05) is 0 Å². The molecule has 7 heteroatoms. The van der Waals surface area contributed by atoms with Crippen molar-refractivity contribution in [1.29, 1.82) is 0 Å². The Balaban J connectivity index is 1.73. The van der Waals surface area contributed by atoms with Crippen molar-refractivity contribution in [2.45, 2.75) is 19.6 Å². The van der Waals surface area contributed by atoms with Crippen LogP contribution in [0.5, 0.6) is 5.75 Å². The molecule has 0 saturated heterocycles. The number of hydrogen-bond donors (Lipinski definition) is 2. The van der Waals surface area contributed by atoms with E-state index in [1.165, 1.54) is 0 Å². The van der Waals surface area contributed by atoms with Gasteiger partial charge in [-0.15, -0.1) is 0 Å². The first-order valence-electron chi connectivity index (χ1n) is 9.83. The lowest BCUT2D eigenvalue weighted by molar-refractivity contribution is -0.136. The number of aryl methyl sites for hydroxylation is 1. The molecule has 4 aromatic rings. The smallest absolute Gasteiger partial charge is 0.307 e. The summed E-state index contributed by atoms with van der Waals surface area (Å²) in [5.74, 6) is -0.771. The van der Waals surface area contributed by atoms with Crippen molar-refractivity contribution in [3.8, 4) is 16.9 Å². The molecule has 1 heterocycles. The van der Waals surface area contributed by atoms with Crippen molar-refractivity contribution in [3.05, 3.63) is 83.3 Å². The molecule has 0 saturated carbocycles. The topological polar surface area (TPSA) is 90.4 Å². The summed E-state index contributed by atoms with van der Waals surface area (Å²) >= 11 is 0. The third kappa shape index (κ3) is 4.27. The molecule has 0 aliphatic rings. The van der Waals surface area contributed by atoms with Crippen LogP contribution in [0.3, 0.4) is 0 Å². The fraction of sp³-hybridized carbons (Fsp3) is 0.167. The van der Waals surface area contributed by atoms with Crippen LogP contribution in [-0.4, -0.2) is 20.9 Å². The Bertz CT molecular complexity index is 1270. The quantitative estimate of drug-likeness (QED) is 0.472. The summed E-state index contributed by atoms with van der Waals surface area (Å²) in [6.45, 7) is 0.299. The number of aromatic nitrogens is 2. The predicted molar refractivity (Wildman–Crippen MR) is 116 cm³/mol. The molecular formula is C24H22FN3O3. The molecule has 4 rings (SSSR count). The highest BCUT2D eigenvalue weighted by Crippen LogP contribution is 2.33. The molecule has 0 radical (unpaired) electrons. The molecule has 6 nitrogen and oxygen atoms in total. The molecule has 0 atom stereocenters. The van der Waals surface area contributed by atoms with E-state index in [0.29, 0.717) is 28.0 Å². The maximum Gasteiger partial charge on any atom is 0.307 e. The van der Waals surface area contributed by atoms with E-state index in [9.17, 15) is 4.79 Å². The van der Waals surface area contributed by atoms with Crippen LogP contribution in [0.1, 0.15) is 16.7 Å². The number of para-hydroxylation sites is 1. The molecule has 0 aliphatic heterocycles. The number of ether oxygens (including phenoxy) is 1. The zero-order valence-electron chi connectivity index (χ0n) is 17.0. The van der Waals surface area contributed by atoms with Gasteiger partial charge in [-0.05, 0) is 29.3 Å². The monoisotopic (exact) mass is 419 g/mol. The van der Waals surface area contributed by atoms with Crippen LogP contribution in [0.2, 0.25) is 0 Å². The van der Waals surface area contributed by atoms with Gasteiger partial charge in [-0.1, -0.05) is 36.4 Å². The largest absolute Gasteiger partial charge is 0.489 e. The lowest BCUT2D eigenvalue weighted by atomic mass is 9.97. The number of carboxylic acid groups (broad SMARTS) is 1. The summed E-state index contributed by atoms with van der Waals surface area (Å²) in [5, 5.41) is 14.4. The summed E-state index contributed by atoms with van der Waals surface area (Å²) in [5.41, 5.74) is 9.39. The number of carboxylic acids is 1. The van der Waals surface area contributed by atoms with Crippen molar-refractivity contribution in [3.63, 3.8) is 0 Å². The zero-order valence-corrected chi connectivity index (χ0v) is 17.0. The molecule has 0 bridgehead atoms. The molecule has 0 unspecified atom stereocenters. The van der Waals surface area contributed by atoms with Gasteiger partial charge in [-0.3, -0.25) is 9.48 Å². The summed E-state index contributed by atoms with van der Waals surface area (Å²) in [4.78, 5) is 11.1. The SMILES string of the molecule is Cn1cc2c(-c3cccc(CN)c3F)cc(COc3ccccc3CC(=O)O)cc2n1. The number of aliphatic carboxylic acids is 1. The molecule has 0 amide bonds. The van der Waals surface area contributed by atoms with Gasteiger partial charge in [0.25, 0.3) is 0 Å². The van der Waals surface area contributed by atoms with Crippen LogP contribution < -0.4 is 10.5 Å².